The number of carbonyl (C=O) groups is 1. The number of imidazole rings is 1. The van der Waals surface area contributed by atoms with Crippen molar-refractivity contribution in [1.29, 1.82) is 0 Å². The van der Waals surface area contributed by atoms with Gasteiger partial charge < -0.3 is 10.1 Å². The van der Waals surface area contributed by atoms with E-state index in [4.69, 9.17) is 4.74 Å². The number of benzene rings is 2. The monoisotopic (exact) mass is 529 g/mol. The number of halogens is 2. The maximum absolute atomic E-state index is 14.8. The summed E-state index contributed by atoms with van der Waals surface area (Å²) in [6, 6.07) is 10.6. The number of pyridine rings is 1. The van der Waals surface area contributed by atoms with Crippen LogP contribution in [0.5, 0.6) is 0 Å². The first kappa shape index (κ1) is 24.8. The van der Waals surface area contributed by atoms with E-state index in [1.807, 2.05) is 24.2 Å². The number of hydrogen-bond donors (Lipinski definition) is 1. The molecule has 5 aromatic rings. The van der Waals surface area contributed by atoms with Crippen molar-refractivity contribution in [2.75, 3.05) is 38.2 Å². The molecule has 3 aromatic heterocycles. The van der Waals surface area contributed by atoms with Crippen LogP contribution in [0, 0.1) is 11.6 Å². The number of nitrogens with zero attached hydrogens (tertiary/aromatic N) is 6. The molecular formula is C28H25F2N7O2. The van der Waals surface area contributed by atoms with Crippen molar-refractivity contribution in [2.24, 2.45) is 7.05 Å². The van der Waals surface area contributed by atoms with Crippen molar-refractivity contribution in [3.63, 3.8) is 0 Å². The molecule has 9 nitrogen and oxygen atoms in total. The molecule has 198 valence electrons. The van der Waals surface area contributed by atoms with E-state index < -0.39 is 11.6 Å². The second kappa shape index (κ2) is 10.4. The summed E-state index contributed by atoms with van der Waals surface area (Å²) in [5.74, 6) is -1.57. The standard InChI is InChI=1S/C28H25F2N7O2/c1-35-15-20(14-33-35)19-10-26-28(31-13-19)37(17-32-26)23-9-18(24-3-2-21(29)11-25(24)30)8-22(12-23)34-27(38)16-36-4-6-39-7-5-36/h2-3,8-15,17H,4-7,16H2,1H3,(H,34,38). The van der Waals surface area contributed by atoms with Crippen LogP contribution in [-0.2, 0) is 16.6 Å². The summed E-state index contributed by atoms with van der Waals surface area (Å²) in [5, 5.41) is 7.14. The van der Waals surface area contributed by atoms with E-state index in [0.29, 0.717) is 54.4 Å². The molecule has 1 N–H and O–H groups in total. The Morgan fingerprint density at radius 1 is 1.00 bits per heavy atom. The van der Waals surface area contributed by atoms with Gasteiger partial charge in [-0.3, -0.25) is 18.9 Å². The smallest absolute Gasteiger partial charge is 0.238 e. The van der Waals surface area contributed by atoms with E-state index in [1.165, 1.54) is 12.1 Å². The van der Waals surface area contributed by atoms with Gasteiger partial charge in [-0.05, 0) is 42.0 Å². The third-order valence-corrected chi connectivity index (χ3v) is 6.62. The van der Waals surface area contributed by atoms with Crippen LogP contribution in [0.3, 0.4) is 0 Å². The van der Waals surface area contributed by atoms with Gasteiger partial charge in [0, 0.05) is 61.0 Å². The fourth-order valence-electron chi connectivity index (χ4n) is 4.68. The molecule has 0 atom stereocenters. The average molecular weight is 530 g/mol. The predicted molar refractivity (Wildman–Crippen MR) is 142 cm³/mol. The van der Waals surface area contributed by atoms with Crippen LogP contribution in [0.2, 0.25) is 0 Å². The molecule has 1 fully saturated rings. The molecule has 2 aromatic carbocycles. The fourth-order valence-corrected chi connectivity index (χ4v) is 4.68. The molecule has 1 amide bonds. The summed E-state index contributed by atoms with van der Waals surface area (Å²) in [7, 11) is 1.85. The number of morpholine rings is 1. The highest BCUT2D eigenvalue weighted by Crippen LogP contribution is 2.31. The van der Waals surface area contributed by atoms with Gasteiger partial charge in [0.1, 0.15) is 23.5 Å². The second-order valence-corrected chi connectivity index (χ2v) is 9.41. The van der Waals surface area contributed by atoms with E-state index in [2.05, 4.69) is 20.4 Å². The predicted octanol–water partition coefficient (Wildman–Crippen LogP) is 4.04. The van der Waals surface area contributed by atoms with Gasteiger partial charge in [0.2, 0.25) is 5.91 Å². The third-order valence-electron chi connectivity index (χ3n) is 6.62. The zero-order valence-corrected chi connectivity index (χ0v) is 21.1. The van der Waals surface area contributed by atoms with Crippen LogP contribution in [0.1, 0.15) is 0 Å². The molecule has 39 heavy (non-hydrogen) atoms. The van der Waals surface area contributed by atoms with Gasteiger partial charge in [-0.15, -0.1) is 0 Å². The number of nitrogens with one attached hydrogen (secondary N) is 1. The van der Waals surface area contributed by atoms with Crippen LogP contribution >= 0.6 is 0 Å². The number of anilines is 1. The molecule has 1 saturated heterocycles. The Labute approximate surface area is 222 Å². The first-order valence-electron chi connectivity index (χ1n) is 12.5. The highest BCUT2D eigenvalue weighted by atomic mass is 19.1. The van der Waals surface area contributed by atoms with Crippen LogP contribution in [0.15, 0.2) is 67.4 Å². The number of amides is 1. The summed E-state index contributed by atoms with van der Waals surface area (Å²) in [6.45, 7) is 2.72. The first-order chi connectivity index (χ1) is 18.9. The molecule has 0 aliphatic carbocycles. The Morgan fingerprint density at radius 2 is 1.85 bits per heavy atom. The Balaban J connectivity index is 1.38. The van der Waals surface area contributed by atoms with Gasteiger partial charge in [-0.2, -0.15) is 5.10 Å². The quantitative estimate of drug-likeness (QED) is 0.357. The molecule has 0 bridgehead atoms. The van der Waals surface area contributed by atoms with Crippen LogP contribution < -0.4 is 5.32 Å². The fraction of sp³-hybridized carbons (Fsp3) is 0.214. The number of carbonyl (C=O) groups excluding carboxylic acids is 1. The molecule has 1 aliphatic rings. The zero-order valence-electron chi connectivity index (χ0n) is 21.1. The lowest BCUT2D eigenvalue weighted by molar-refractivity contribution is -0.118. The van der Waals surface area contributed by atoms with Crippen molar-refractivity contribution >= 4 is 22.8 Å². The molecule has 0 radical (unpaired) electrons. The van der Waals surface area contributed by atoms with Crippen molar-refractivity contribution in [2.45, 2.75) is 0 Å². The van der Waals surface area contributed by atoms with E-state index in [1.54, 1.807) is 46.2 Å². The van der Waals surface area contributed by atoms with Crippen molar-refractivity contribution in [3.05, 3.63) is 79.0 Å². The van der Waals surface area contributed by atoms with Gasteiger partial charge in [0.15, 0.2) is 5.65 Å². The minimum Gasteiger partial charge on any atom is -0.379 e. The summed E-state index contributed by atoms with van der Waals surface area (Å²) in [4.78, 5) is 24.0. The highest BCUT2D eigenvalue weighted by Gasteiger charge is 2.17. The average Bonchev–Trinajstić information content (AvgIpc) is 3.55. The molecule has 0 unspecified atom stereocenters. The molecular weight excluding hydrogens is 504 g/mol. The van der Waals surface area contributed by atoms with Crippen LogP contribution in [0.4, 0.5) is 14.5 Å². The molecule has 11 heteroatoms. The first-order valence-corrected chi connectivity index (χ1v) is 12.5. The number of fused-ring (bicyclic) bond motifs is 1. The maximum atomic E-state index is 14.8. The minimum absolute atomic E-state index is 0.200. The Morgan fingerprint density at radius 3 is 2.62 bits per heavy atom. The number of aryl methyl sites for hydroxylation is 1. The highest BCUT2D eigenvalue weighted by molar-refractivity contribution is 5.93. The molecule has 0 spiro atoms. The van der Waals surface area contributed by atoms with Gasteiger partial charge in [0.05, 0.1) is 31.6 Å². The Bertz CT molecular complexity index is 1670. The summed E-state index contributed by atoms with van der Waals surface area (Å²) >= 11 is 0. The minimum atomic E-state index is -0.701. The normalized spacial score (nSPS) is 14.1. The Hall–Kier alpha value is -4.48. The molecule has 4 heterocycles. The number of ether oxygens (including phenoxy) is 1. The third kappa shape index (κ3) is 5.27. The van der Waals surface area contributed by atoms with Crippen LogP contribution in [-0.4, -0.2) is 68.0 Å². The van der Waals surface area contributed by atoms with Gasteiger partial charge >= 0.3 is 0 Å². The van der Waals surface area contributed by atoms with E-state index in [-0.39, 0.29) is 18.0 Å². The lowest BCUT2D eigenvalue weighted by atomic mass is 10.0. The van der Waals surface area contributed by atoms with Gasteiger partial charge in [-0.25, -0.2) is 18.7 Å². The summed E-state index contributed by atoms with van der Waals surface area (Å²) < 4.78 is 37.3. The van der Waals surface area contributed by atoms with Crippen molar-refractivity contribution < 1.29 is 18.3 Å². The van der Waals surface area contributed by atoms with E-state index in [0.717, 1.165) is 17.2 Å². The number of rotatable bonds is 6. The van der Waals surface area contributed by atoms with E-state index in [9.17, 15) is 13.6 Å². The molecule has 6 rings (SSSR count). The van der Waals surface area contributed by atoms with Gasteiger partial charge in [-0.1, -0.05) is 0 Å². The Kier molecular flexibility index (Phi) is 6.59. The van der Waals surface area contributed by atoms with Crippen molar-refractivity contribution in [3.8, 4) is 27.9 Å². The van der Waals surface area contributed by atoms with Crippen molar-refractivity contribution in [1.82, 2.24) is 29.2 Å². The maximum Gasteiger partial charge on any atom is 0.238 e. The lowest BCUT2D eigenvalue weighted by Crippen LogP contribution is -2.41. The van der Waals surface area contributed by atoms with Gasteiger partial charge in [0.25, 0.3) is 0 Å². The summed E-state index contributed by atoms with van der Waals surface area (Å²) in [5.41, 5.74) is 4.80. The zero-order chi connectivity index (χ0) is 26.9. The number of aromatic nitrogens is 5. The largest absolute Gasteiger partial charge is 0.379 e. The SMILES string of the molecule is Cn1cc(-c2cnc3c(c2)ncn3-c2cc(NC(=O)CN3CCOCC3)cc(-c3ccc(F)cc3F)c2)cn1. The van der Waals surface area contributed by atoms with E-state index >= 15 is 0 Å². The van der Waals surface area contributed by atoms with Crippen LogP contribution in [0.25, 0.3) is 39.1 Å². The topological polar surface area (TPSA) is 90.1 Å². The number of hydrogen-bond acceptors (Lipinski definition) is 6. The molecule has 1 aliphatic heterocycles. The lowest BCUT2D eigenvalue weighted by Gasteiger charge is -2.25. The second-order valence-electron chi connectivity index (χ2n) is 9.41. The summed E-state index contributed by atoms with van der Waals surface area (Å²) in [6.07, 6.45) is 7.02. The molecule has 0 saturated carbocycles.